The van der Waals surface area contributed by atoms with E-state index in [1.807, 2.05) is 13.8 Å². The van der Waals surface area contributed by atoms with Gasteiger partial charge in [0, 0.05) is 7.05 Å². The molecule has 0 rings (SSSR count). The third-order valence-electron chi connectivity index (χ3n) is 1.17. The minimum atomic E-state index is -0.0669. The van der Waals surface area contributed by atoms with Crippen molar-refractivity contribution in [3.05, 3.63) is 12.3 Å². The number of nitrogens with one attached hydrogen (secondary N) is 1. The van der Waals surface area contributed by atoms with Crippen molar-refractivity contribution in [2.45, 2.75) is 13.8 Å². The molecular weight excluding hydrogens is 168 g/mol. The second kappa shape index (κ2) is 9.06. The fourth-order valence-corrected chi connectivity index (χ4v) is 0.648. The summed E-state index contributed by atoms with van der Waals surface area (Å²) in [6, 6.07) is 0. The van der Waals surface area contributed by atoms with Crippen LogP contribution in [0.2, 0.25) is 0 Å². The lowest BCUT2D eigenvalue weighted by Gasteiger charge is -2.15. The third-order valence-corrected chi connectivity index (χ3v) is 1.17. The lowest BCUT2D eigenvalue weighted by molar-refractivity contribution is -0.128. The van der Waals surface area contributed by atoms with Crippen LogP contribution in [-0.4, -0.2) is 43.1 Å². The van der Waals surface area contributed by atoms with Crippen molar-refractivity contribution in [2.75, 3.05) is 27.2 Å². The lowest BCUT2D eigenvalue weighted by atomic mass is 10.4. The SMILES string of the molecule is C=C(O)CN(C)C(=O)CNC.CC. The molecule has 0 aliphatic carbocycles. The minimum Gasteiger partial charge on any atom is -0.511 e. The van der Waals surface area contributed by atoms with Crippen LogP contribution in [0.3, 0.4) is 0 Å². The first-order chi connectivity index (χ1) is 6.07. The van der Waals surface area contributed by atoms with E-state index in [4.69, 9.17) is 5.11 Å². The van der Waals surface area contributed by atoms with Crippen LogP contribution in [-0.2, 0) is 4.79 Å². The number of amides is 1. The van der Waals surface area contributed by atoms with E-state index < -0.39 is 0 Å². The van der Waals surface area contributed by atoms with Gasteiger partial charge in [-0.2, -0.15) is 0 Å². The molecule has 0 aromatic carbocycles. The summed E-state index contributed by atoms with van der Waals surface area (Å²) in [5.74, 6) is -0.0698. The second-order valence-corrected chi connectivity index (χ2v) is 2.35. The van der Waals surface area contributed by atoms with E-state index in [9.17, 15) is 4.79 Å². The number of hydrogen-bond donors (Lipinski definition) is 2. The predicted octanol–water partition coefficient (Wildman–Crippen LogP) is 0.762. The van der Waals surface area contributed by atoms with Gasteiger partial charge >= 0.3 is 0 Å². The van der Waals surface area contributed by atoms with Crippen molar-refractivity contribution in [1.29, 1.82) is 0 Å². The zero-order valence-electron chi connectivity index (χ0n) is 8.92. The Kier molecular flexibility index (Phi) is 10.1. The molecule has 4 nitrogen and oxygen atoms in total. The first-order valence-electron chi connectivity index (χ1n) is 4.33. The molecule has 4 heteroatoms. The Labute approximate surface area is 80.2 Å². The Balaban J connectivity index is 0. The van der Waals surface area contributed by atoms with Crippen molar-refractivity contribution in [2.24, 2.45) is 0 Å². The van der Waals surface area contributed by atoms with E-state index in [2.05, 4.69) is 11.9 Å². The Morgan fingerprint density at radius 3 is 2.31 bits per heavy atom. The van der Waals surface area contributed by atoms with E-state index in [0.717, 1.165) is 0 Å². The summed E-state index contributed by atoms with van der Waals surface area (Å²) in [6.45, 7) is 7.76. The highest BCUT2D eigenvalue weighted by Gasteiger charge is 2.06. The Bertz CT molecular complexity index is 158. The molecule has 0 bridgehead atoms. The average molecular weight is 188 g/mol. The van der Waals surface area contributed by atoms with Crippen LogP contribution in [0.25, 0.3) is 0 Å². The van der Waals surface area contributed by atoms with Gasteiger partial charge in [-0.1, -0.05) is 20.4 Å². The zero-order chi connectivity index (χ0) is 10.9. The van der Waals surface area contributed by atoms with Crippen molar-refractivity contribution >= 4 is 5.91 Å². The maximum atomic E-state index is 11.0. The van der Waals surface area contributed by atoms with Crippen LogP contribution >= 0.6 is 0 Å². The molecule has 0 fully saturated rings. The highest BCUT2D eigenvalue weighted by atomic mass is 16.3. The fraction of sp³-hybridized carbons (Fsp3) is 0.667. The van der Waals surface area contributed by atoms with Gasteiger partial charge in [0.2, 0.25) is 5.91 Å². The minimum absolute atomic E-state index is 0.00282. The standard InChI is InChI=1S/C7H14N2O2.C2H6/c1-6(10)5-9(3)7(11)4-8-2;1-2/h8,10H,1,4-5H2,2-3H3;1-2H3. The molecule has 0 spiro atoms. The molecule has 2 N–H and O–H groups in total. The van der Waals surface area contributed by atoms with Gasteiger partial charge in [0.05, 0.1) is 13.1 Å². The molecule has 0 atom stereocenters. The van der Waals surface area contributed by atoms with Crippen LogP contribution in [0.5, 0.6) is 0 Å². The normalized spacial score (nSPS) is 8.31. The highest BCUT2D eigenvalue weighted by Crippen LogP contribution is 1.89. The van der Waals surface area contributed by atoms with E-state index >= 15 is 0 Å². The predicted molar refractivity (Wildman–Crippen MR) is 54.7 cm³/mol. The van der Waals surface area contributed by atoms with E-state index in [1.165, 1.54) is 4.90 Å². The molecule has 0 saturated heterocycles. The largest absolute Gasteiger partial charge is 0.511 e. The number of nitrogens with zero attached hydrogens (tertiary/aromatic N) is 1. The summed E-state index contributed by atoms with van der Waals surface area (Å²) in [7, 11) is 3.31. The third kappa shape index (κ3) is 8.88. The maximum Gasteiger partial charge on any atom is 0.236 e. The topological polar surface area (TPSA) is 52.6 Å². The number of carbonyl (C=O) groups is 1. The molecule has 0 unspecified atom stereocenters. The molecule has 0 heterocycles. The van der Waals surface area contributed by atoms with Crippen LogP contribution in [0, 0.1) is 0 Å². The summed E-state index contributed by atoms with van der Waals surface area (Å²) in [5.41, 5.74) is 0. The van der Waals surface area contributed by atoms with Gasteiger partial charge in [0.25, 0.3) is 0 Å². The second-order valence-electron chi connectivity index (χ2n) is 2.35. The maximum absolute atomic E-state index is 11.0. The van der Waals surface area contributed by atoms with Gasteiger partial charge in [-0.3, -0.25) is 4.79 Å². The fourth-order valence-electron chi connectivity index (χ4n) is 0.648. The van der Waals surface area contributed by atoms with Gasteiger partial charge in [-0.15, -0.1) is 0 Å². The Morgan fingerprint density at radius 2 is 2.00 bits per heavy atom. The first-order valence-corrected chi connectivity index (χ1v) is 4.33. The molecule has 0 aromatic rings. The molecule has 13 heavy (non-hydrogen) atoms. The van der Waals surface area contributed by atoms with Crippen molar-refractivity contribution in [3.63, 3.8) is 0 Å². The number of likely N-dealkylation sites (N-methyl/N-ethyl adjacent to an activating group) is 2. The number of hydrogen-bond acceptors (Lipinski definition) is 3. The Hall–Kier alpha value is -1.03. The lowest BCUT2D eigenvalue weighted by Crippen LogP contribution is -2.35. The number of carbonyl (C=O) groups excluding carboxylic acids is 1. The van der Waals surface area contributed by atoms with Gasteiger partial charge in [0.1, 0.15) is 5.76 Å². The Morgan fingerprint density at radius 1 is 1.54 bits per heavy atom. The van der Waals surface area contributed by atoms with Crippen LogP contribution in [0.15, 0.2) is 12.3 Å². The van der Waals surface area contributed by atoms with Gasteiger partial charge in [-0.25, -0.2) is 0 Å². The smallest absolute Gasteiger partial charge is 0.236 e. The first kappa shape index (κ1) is 14.5. The van der Waals surface area contributed by atoms with E-state index in [-0.39, 0.29) is 24.8 Å². The summed E-state index contributed by atoms with van der Waals surface area (Å²) in [6.07, 6.45) is 0. The molecule has 0 aliphatic rings. The van der Waals surface area contributed by atoms with E-state index in [1.54, 1.807) is 14.1 Å². The molecule has 0 aliphatic heterocycles. The van der Waals surface area contributed by atoms with Gasteiger partial charge in [0.15, 0.2) is 0 Å². The molecule has 0 radical (unpaired) electrons. The van der Waals surface area contributed by atoms with E-state index in [0.29, 0.717) is 0 Å². The van der Waals surface area contributed by atoms with Gasteiger partial charge in [-0.05, 0) is 7.05 Å². The van der Waals surface area contributed by atoms with Crippen molar-refractivity contribution < 1.29 is 9.90 Å². The number of aliphatic hydroxyl groups is 1. The molecule has 1 amide bonds. The number of aliphatic hydroxyl groups excluding tert-OH is 1. The molecule has 0 saturated carbocycles. The van der Waals surface area contributed by atoms with Crippen molar-refractivity contribution in [1.82, 2.24) is 10.2 Å². The van der Waals surface area contributed by atoms with Gasteiger partial charge < -0.3 is 15.3 Å². The summed E-state index contributed by atoms with van der Waals surface area (Å²) < 4.78 is 0. The summed E-state index contributed by atoms with van der Waals surface area (Å²) in [5, 5.41) is 11.5. The zero-order valence-corrected chi connectivity index (χ0v) is 8.92. The quantitative estimate of drug-likeness (QED) is 0.640. The van der Waals surface area contributed by atoms with Crippen molar-refractivity contribution in [3.8, 4) is 0 Å². The molecule has 0 aromatic heterocycles. The monoisotopic (exact) mass is 188 g/mol. The summed E-state index contributed by atoms with van der Waals surface area (Å²) >= 11 is 0. The summed E-state index contributed by atoms with van der Waals surface area (Å²) in [4.78, 5) is 12.4. The van der Waals surface area contributed by atoms with Crippen LogP contribution in [0.1, 0.15) is 13.8 Å². The molecule has 78 valence electrons. The van der Waals surface area contributed by atoms with Crippen LogP contribution in [0.4, 0.5) is 0 Å². The average Bonchev–Trinajstić information content (AvgIpc) is 2.07. The molecular formula is C9H20N2O2. The number of rotatable bonds is 4. The van der Waals surface area contributed by atoms with Crippen LogP contribution < -0.4 is 5.32 Å². The highest BCUT2D eigenvalue weighted by molar-refractivity contribution is 5.78.